The Labute approximate surface area is 104 Å². The Morgan fingerprint density at radius 1 is 1.50 bits per heavy atom. The highest BCUT2D eigenvalue weighted by Gasteiger charge is 2.22. The maximum Gasteiger partial charge on any atom is 0.339 e. The second-order valence-corrected chi connectivity index (χ2v) is 4.43. The van der Waals surface area contributed by atoms with Crippen molar-refractivity contribution in [2.24, 2.45) is 0 Å². The zero-order chi connectivity index (χ0) is 13.1. The van der Waals surface area contributed by atoms with Crippen molar-refractivity contribution in [3.05, 3.63) is 33.2 Å². The van der Waals surface area contributed by atoms with E-state index in [0.29, 0.717) is 0 Å². The highest BCUT2D eigenvalue weighted by molar-refractivity contribution is 5.92. The molecule has 0 spiro atoms. The Morgan fingerprint density at radius 2 is 2.17 bits per heavy atom. The summed E-state index contributed by atoms with van der Waals surface area (Å²) in [6.07, 6.45) is 4.26. The van der Waals surface area contributed by atoms with Gasteiger partial charge in [-0.1, -0.05) is 12.8 Å². The number of pyridine rings is 1. The third-order valence-electron chi connectivity index (χ3n) is 3.37. The summed E-state index contributed by atoms with van der Waals surface area (Å²) in [5, 5.41) is 8.92. The van der Waals surface area contributed by atoms with E-state index in [9.17, 15) is 9.59 Å². The summed E-state index contributed by atoms with van der Waals surface area (Å²) in [5.74, 6) is -0.370. The Morgan fingerprint density at radius 3 is 2.72 bits per heavy atom. The summed E-state index contributed by atoms with van der Waals surface area (Å²) in [6, 6.07) is 3.34. The van der Waals surface area contributed by atoms with Crippen molar-refractivity contribution in [1.29, 1.82) is 5.26 Å². The number of carbonyl (C=O) groups is 1. The molecule has 1 aliphatic rings. The van der Waals surface area contributed by atoms with E-state index in [0.717, 1.165) is 31.4 Å². The van der Waals surface area contributed by atoms with Crippen LogP contribution in [-0.2, 0) is 4.74 Å². The van der Waals surface area contributed by atoms with Gasteiger partial charge in [0.05, 0.1) is 12.7 Å². The van der Waals surface area contributed by atoms with E-state index in [1.807, 2.05) is 0 Å². The predicted molar refractivity (Wildman–Crippen MR) is 64.3 cm³/mol. The molecule has 1 aliphatic carbocycles. The number of hydrogen-bond donors (Lipinski definition) is 1. The average Bonchev–Trinajstić information content (AvgIpc) is 2.90. The van der Waals surface area contributed by atoms with E-state index in [1.165, 1.54) is 7.11 Å². The van der Waals surface area contributed by atoms with Crippen molar-refractivity contribution in [3.63, 3.8) is 0 Å². The number of H-pyrrole nitrogens is 1. The van der Waals surface area contributed by atoms with Crippen molar-refractivity contribution in [1.82, 2.24) is 4.98 Å². The molecule has 1 aromatic heterocycles. The lowest BCUT2D eigenvalue weighted by Gasteiger charge is -2.11. The molecule has 1 saturated carbocycles. The summed E-state index contributed by atoms with van der Waals surface area (Å²) >= 11 is 0. The summed E-state index contributed by atoms with van der Waals surface area (Å²) < 4.78 is 4.61. The number of nitriles is 1. The van der Waals surface area contributed by atoms with E-state index < -0.39 is 11.5 Å². The van der Waals surface area contributed by atoms with Gasteiger partial charge in [0, 0.05) is 5.69 Å². The predicted octanol–water partition coefficient (Wildman–Crippen LogP) is 1.69. The maximum atomic E-state index is 11.8. The largest absolute Gasteiger partial charge is 0.465 e. The fourth-order valence-electron chi connectivity index (χ4n) is 2.42. The first kappa shape index (κ1) is 12.4. The van der Waals surface area contributed by atoms with Gasteiger partial charge in [-0.05, 0) is 24.8 Å². The van der Waals surface area contributed by atoms with Gasteiger partial charge in [-0.25, -0.2) is 4.79 Å². The number of nitrogens with one attached hydrogen (secondary N) is 1. The first-order valence-corrected chi connectivity index (χ1v) is 5.93. The van der Waals surface area contributed by atoms with Crippen LogP contribution < -0.4 is 5.56 Å². The van der Waals surface area contributed by atoms with Crippen LogP contribution in [0.25, 0.3) is 0 Å². The van der Waals surface area contributed by atoms with Gasteiger partial charge in [0.15, 0.2) is 0 Å². The standard InChI is InChI=1S/C13H14N2O3/c1-18-13(17)9-6-11(8-4-2-3-5-8)15-12(16)10(9)7-14/h6,8H,2-5H2,1H3,(H,15,16). The molecule has 1 heterocycles. The molecule has 18 heavy (non-hydrogen) atoms. The van der Waals surface area contributed by atoms with Crippen molar-refractivity contribution < 1.29 is 9.53 Å². The van der Waals surface area contributed by atoms with Gasteiger partial charge in [-0.3, -0.25) is 4.79 Å². The van der Waals surface area contributed by atoms with E-state index in [1.54, 1.807) is 12.1 Å². The quantitative estimate of drug-likeness (QED) is 0.805. The van der Waals surface area contributed by atoms with E-state index >= 15 is 0 Å². The molecule has 1 N–H and O–H groups in total. The van der Waals surface area contributed by atoms with Crippen LogP contribution in [0.4, 0.5) is 0 Å². The van der Waals surface area contributed by atoms with Gasteiger partial charge in [0.25, 0.3) is 5.56 Å². The fourth-order valence-corrected chi connectivity index (χ4v) is 2.42. The molecule has 0 radical (unpaired) electrons. The van der Waals surface area contributed by atoms with Gasteiger partial charge in [-0.15, -0.1) is 0 Å². The normalized spacial score (nSPS) is 15.3. The molecule has 0 saturated heterocycles. The Hall–Kier alpha value is -2.09. The fraction of sp³-hybridized carbons (Fsp3) is 0.462. The van der Waals surface area contributed by atoms with E-state index in [4.69, 9.17) is 5.26 Å². The molecule has 0 unspecified atom stereocenters. The number of carbonyl (C=O) groups excluding carboxylic acids is 1. The van der Waals surface area contributed by atoms with E-state index in [-0.39, 0.29) is 17.0 Å². The molecule has 0 amide bonds. The van der Waals surface area contributed by atoms with Gasteiger partial charge in [-0.2, -0.15) is 5.26 Å². The van der Waals surface area contributed by atoms with Crippen LogP contribution in [0.15, 0.2) is 10.9 Å². The summed E-state index contributed by atoms with van der Waals surface area (Å²) in [7, 11) is 1.24. The van der Waals surface area contributed by atoms with Crippen LogP contribution in [0.2, 0.25) is 0 Å². The van der Waals surface area contributed by atoms with Crippen molar-refractivity contribution in [2.75, 3.05) is 7.11 Å². The van der Waals surface area contributed by atoms with Crippen LogP contribution in [0, 0.1) is 11.3 Å². The zero-order valence-electron chi connectivity index (χ0n) is 10.2. The zero-order valence-corrected chi connectivity index (χ0v) is 10.2. The highest BCUT2D eigenvalue weighted by atomic mass is 16.5. The number of nitrogens with zero attached hydrogens (tertiary/aromatic N) is 1. The molecule has 1 aromatic rings. The third-order valence-corrected chi connectivity index (χ3v) is 3.37. The first-order chi connectivity index (χ1) is 8.67. The van der Waals surface area contributed by atoms with Gasteiger partial charge >= 0.3 is 5.97 Å². The number of aromatic nitrogens is 1. The van der Waals surface area contributed by atoms with Gasteiger partial charge in [0.2, 0.25) is 0 Å². The molecule has 94 valence electrons. The topological polar surface area (TPSA) is 83.0 Å². The van der Waals surface area contributed by atoms with Crippen LogP contribution in [-0.4, -0.2) is 18.1 Å². The van der Waals surface area contributed by atoms with Crippen LogP contribution in [0.1, 0.15) is 53.2 Å². The third kappa shape index (κ3) is 2.14. The smallest absolute Gasteiger partial charge is 0.339 e. The molecule has 5 nitrogen and oxygen atoms in total. The molecule has 5 heteroatoms. The molecule has 0 atom stereocenters. The minimum absolute atomic E-state index is 0.0608. The Bertz CT molecular complexity index is 563. The van der Waals surface area contributed by atoms with Crippen LogP contribution in [0.5, 0.6) is 0 Å². The van der Waals surface area contributed by atoms with Crippen LogP contribution in [0.3, 0.4) is 0 Å². The molecule has 2 rings (SSSR count). The molecular weight excluding hydrogens is 232 g/mol. The number of esters is 1. The van der Waals surface area contributed by atoms with Crippen LogP contribution >= 0.6 is 0 Å². The lowest BCUT2D eigenvalue weighted by molar-refractivity contribution is 0.0600. The number of methoxy groups -OCH3 is 1. The minimum atomic E-state index is -0.642. The minimum Gasteiger partial charge on any atom is -0.465 e. The molecular formula is C13H14N2O3. The molecule has 0 aromatic carbocycles. The summed E-state index contributed by atoms with van der Waals surface area (Å²) in [4.78, 5) is 26.1. The highest BCUT2D eigenvalue weighted by Crippen LogP contribution is 2.33. The monoisotopic (exact) mass is 246 g/mol. The van der Waals surface area contributed by atoms with Crippen molar-refractivity contribution in [3.8, 4) is 6.07 Å². The number of aromatic amines is 1. The number of rotatable bonds is 2. The molecule has 1 fully saturated rings. The number of ether oxygens (including phenoxy) is 1. The van der Waals surface area contributed by atoms with E-state index in [2.05, 4.69) is 9.72 Å². The van der Waals surface area contributed by atoms with Gasteiger partial charge < -0.3 is 9.72 Å². The van der Waals surface area contributed by atoms with Gasteiger partial charge in [0.1, 0.15) is 11.6 Å². The van der Waals surface area contributed by atoms with Crippen molar-refractivity contribution >= 4 is 5.97 Å². The Kier molecular flexibility index (Phi) is 3.47. The second kappa shape index (κ2) is 5.05. The maximum absolute atomic E-state index is 11.8. The average molecular weight is 246 g/mol. The van der Waals surface area contributed by atoms with Crippen molar-refractivity contribution in [2.45, 2.75) is 31.6 Å². The number of hydrogen-bond acceptors (Lipinski definition) is 4. The second-order valence-electron chi connectivity index (χ2n) is 4.43. The SMILES string of the molecule is COC(=O)c1cc(C2CCCC2)[nH]c(=O)c1C#N. The summed E-state index contributed by atoms with van der Waals surface area (Å²) in [6.45, 7) is 0. The Balaban J connectivity index is 2.52. The lowest BCUT2D eigenvalue weighted by Crippen LogP contribution is -2.20. The molecule has 0 aliphatic heterocycles. The molecule has 0 bridgehead atoms. The summed E-state index contributed by atoms with van der Waals surface area (Å²) in [5.41, 5.74) is 0.105. The lowest BCUT2D eigenvalue weighted by atomic mass is 10.00. The first-order valence-electron chi connectivity index (χ1n) is 5.93.